The highest BCUT2D eigenvalue weighted by Crippen LogP contribution is 2.31. The van der Waals surface area contributed by atoms with Crippen LogP contribution in [-0.2, 0) is 13.6 Å². The number of carbonyl (C=O) groups is 3. The van der Waals surface area contributed by atoms with Crippen LogP contribution in [0.2, 0.25) is 0 Å². The van der Waals surface area contributed by atoms with Crippen molar-refractivity contribution in [1.82, 2.24) is 4.90 Å². The summed E-state index contributed by atoms with van der Waals surface area (Å²) in [6.45, 7) is 5.98. The van der Waals surface area contributed by atoms with Gasteiger partial charge < -0.3 is 4.74 Å². The predicted octanol–water partition coefficient (Wildman–Crippen LogP) is 5.76. The van der Waals surface area contributed by atoms with E-state index in [-0.39, 0.29) is 18.4 Å². The van der Waals surface area contributed by atoms with Gasteiger partial charge in [0.25, 0.3) is 11.8 Å². The Labute approximate surface area is 226 Å². The van der Waals surface area contributed by atoms with E-state index >= 15 is 0 Å². The van der Waals surface area contributed by atoms with E-state index in [0.29, 0.717) is 27.8 Å². The Morgan fingerprint density at radius 2 is 1.36 bits per heavy atom. The summed E-state index contributed by atoms with van der Waals surface area (Å²) in [6.07, 6.45) is 0. The summed E-state index contributed by atoms with van der Waals surface area (Å²) in [7, 11) is 1.96. The maximum absolute atomic E-state index is 13.9. The number of aryl methyl sites for hydroxylation is 4. The summed E-state index contributed by atoms with van der Waals surface area (Å²) >= 11 is 0. The van der Waals surface area contributed by atoms with Gasteiger partial charge in [0.05, 0.1) is 34.0 Å². The van der Waals surface area contributed by atoms with Gasteiger partial charge in [-0.05, 0) is 61.7 Å². The number of aromatic nitrogens is 1. The molecule has 0 spiro atoms. The minimum Gasteiger partial charge on any atom is -0.422 e. The molecule has 0 unspecified atom stereocenters. The van der Waals surface area contributed by atoms with Gasteiger partial charge in [-0.2, -0.15) is 4.57 Å². The molecule has 2 amide bonds. The highest BCUT2D eigenvalue weighted by Gasteiger charge is 2.35. The molecule has 4 aromatic carbocycles. The lowest BCUT2D eigenvalue weighted by molar-refractivity contribution is -0.617. The van der Waals surface area contributed by atoms with Gasteiger partial charge in [0.2, 0.25) is 11.0 Å². The first-order valence-electron chi connectivity index (χ1n) is 12.8. The van der Waals surface area contributed by atoms with E-state index < -0.39 is 5.97 Å². The third-order valence-electron chi connectivity index (χ3n) is 7.45. The normalized spacial score (nSPS) is 12.9. The second-order valence-corrected chi connectivity index (χ2v) is 10.2. The van der Waals surface area contributed by atoms with Crippen LogP contribution in [0.5, 0.6) is 5.75 Å². The SMILES string of the molecule is Cc1cc(C)c(OC(=O)c2c3ccccc3[n+](C)c3ccc(CN4C(=O)c5ccccc5C4=O)cc23)c(C)c1. The number of ether oxygens (including phenoxy) is 1. The fourth-order valence-electron chi connectivity index (χ4n) is 5.68. The zero-order valence-electron chi connectivity index (χ0n) is 22.2. The molecule has 6 nitrogen and oxygen atoms in total. The summed E-state index contributed by atoms with van der Waals surface area (Å²) in [5.74, 6) is -0.530. The van der Waals surface area contributed by atoms with Crippen molar-refractivity contribution in [2.24, 2.45) is 7.05 Å². The molecule has 192 valence electrons. The number of fused-ring (bicyclic) bond motifs is 3. The van der Waals surface area contributed by atoms with Crippen LogP contribution in [0.15, 0.2) is 78.9 Å². The lowest BCUT2D eigenvalue weighted by Crippen LogP contribution is -2.32. The Kier molecular flexibility index (Phi) is 5.76. The second kappa shape index (κ2) is 9.17. The highest BCUT2D eigenvalue weighted by molar-refractivity contribution is 6.21. The van der Waals surface area contributed by atoms with Crippen LogP contribution in [0.3, 0.4) is 0 Å². The van der Waals surface area contributed by atoms with Crippen molar-refractivity contribution in [3.8, 4) is 5.75 Å². The molecule has 5 aromatic rings. The zero-order valence-corrected chi connectivity index (χ0v) is 22.2. The summed E-state index contributed by atoms with van der Waals surface area (Å²) < 4.78 is 8.09. The summed E-state index contributed by atoms with van der Waals surface area (Å²) in [6, 6.07) is 24.3. The smallest absolute Gasteiger partial charge is 0.345 e. The van der Waals surface area contributed by atoms with Crippen LogP contribution in [0.4, 0.5) is 0 Å². The third-order valence-corrected chi connectivity index (χ3v) is 7.45. The van der Waals surface area contributed by atoms with Gasteiger partial charge in [-0.3, -0.25) is 14.5 Å². The number of hydrogen-bond acceptors (Lipinski definition) is 4. The Bertz CT molecular complexity index is 1810. The van der Waals surface area contributed by atoms with E-state index in [9.17, 15) is 14.4 Å². The fraction of sp³-hybridized carbons (Fsp3) is 0.152. The second-order valence-electron chi connectivity index (χ2n) is 10.2. The molecule has 0 atom stereocenters. The van der Waals surface area contributed by atoms with E-state index in [4.69, 9.17) is 4.74 Å². The Hall–Kier alpha value is -4.84. The first-order valence-corrected chi connectivity index (χ1v) is 12.8. The Balaban J connectivity index is 1.48. The molecule has 0 aliphatic carbocycles. The molecular formula is C33H27N2O4+. The average molecular weight is 516 g/mol. The third kappa shape index (κ3) is 3.96. The summed E-state index contributed by atoms with van der Waals surface area (Å²) in [5.41, 5.74) is 6.62. The van der Waals surface area contributed by atoms with Crippen LogP contribution in [0, 0.1) is 20.8 Å². The van der Waals surface area contributed by atoms with Crippen molar-refractivity contribution in [3.05, 3.63) is 118 Å². The number of nitrogens with zero attached hydrogens (tertiary/aromatic N) is 2. The van der Waals surface area contributed by atoms with E-state index in [1.165, 1.54) is 4.90 Å². The standard InChI is InChI=1S/C33H27N2O4/c1-19-15-20(2)30(21(3)16-19)39-33(38)29-25-11-7-8-12-27(25)34(4)28-14-13-22(17-26(28)29)18-35-31(36)23-9-5-6-10-24(23)32(35)37/h5-17H,18H2,1-4H3/q+1. The topological polar surface area (TPSA) is 67.6 Å². The molecule has 6 rings (SSSR count). The minimum absolute atomic E-state index is 0.101. The number of imide groups is 1. The lowest BCUT2D eigenvalue weighted by atomic mass is 9.99. The predicted molar refractivity (Wildman–Crippen MR) is 149 cm³/mol. The molecule has 39 heavy (non-hydrogen) atoms. The monoisotopic (exact) mass is 515 g/mol. The average Bonchev–Trinajstić information content (AvgIpc) is 3.16. The van der Waals surface area contributed by atoms with Gasteiger partial charge >= 0.3 is 5.97 Å². The maximum Gasteiger partial charge on any atom is 0.345 e. The first-order chi connectivity index (χ1) is 18.7. The molecule has 0 saturated heterocycles. The van der Waals surface area contributed by atoms with Gasteiger partial charge in [0.15, 0.2) is 0 Å². The van der Waals surface area contributed by atoms with Crippen molar-refractivity contribution < 1.29 is 23.7 Å². The number of benzene rings is 4. The van der Waals surface area contributed by atoms with Crippen molar-refractivity contribution in [1.29, 1.82) is 0 Å². The Morgan fingerprint density at radius 1 is 0.769 bits per heavy atom. The van der Waals surface area contributed by atoms with Crippen LogP contribution in [-0.4, -0.2) is 22.7 Å². The van der Waals surface area contributed by atoms with Crippen LogP contribution < -0.4 is 9.30 Å². The van der Waals surface area contributed by atoms with Gasteiger partial charge in [0.1, 0.15) is 12.8 Å². The summed E-state index contributed by atoms with van der Waals surface area (Å²) in [4.78, 5) is 41.1. The number of carbonyl (C=O) groups excluding carboxylic acids is 3. The summed E-state index contributed by atoms with van der Waals surface area (Å²) in [5, 5.41) is 1.45. The molecule has 0 bridgehead atoms. The number of hydrogen-bond donors (Lipinski definition) is 0. The molecule has 1 aliphatic rings. The molecule has 6 heteroatoms. The van der Waals surface area contributed by atoms with Gasteiger partial charge in [0, 0.05) is 12.1 Å². The lowest BCUT2D eigenvalue weighted by Gasteiger charge is -2.16. The fourth-order valence-corrected chi connectivity index (χ4v) is 5.68. The van der Waals surface area contributed by atoms with Crippen LogP contribution in [0.25, 0.3) is 21.8 Å². The van der Waals surface area contributed by atoms with E-state index in [2.05, 4.69) is 0 Å². The highest BCUT2D eigenvalue weighted by atomic mass is 16.5. The Morgan fingerprint density at radius 3 is 2.03 bits per heavy atom. The molecule has 0 N–H and O–H groups in total. The molecule has 1 aliphatic heterocycles. The van der Waals surface area contributed by atoms with Crippen molar-refractivity contribution in [3.63, 3.8) is 0 Å². The molecule has 0 fully saturated rings. The first kappa shape index (κ1) is 24.5. The van der Waals surface area contributed by atoms with E-state index in [1.54, 1.807) is 24.3 Å². The van der Waals surface area contributed by atoms with Gasteiger partial charge in [-0.1, -0.05) is 48.0 Å². The number of para-hydroxylation sites is 1. The quantitative estimate of drug-likeness (QED) is 0.100. The zero-order chi connectivity index (χ0) is 27.4. The number of pyridine rings is 1. The molecule has 0 saturated carbocycles. The molecule has 2 heterocycles. The minimum atomic E-state index is -0.454. The molecular weight excluding hydrogens is 488 g/mol. The number of esters is 1. The molecule has 1 aromatic heterocycles. The van der Waals surface area contributed by atoms with Crippen molar-refractivity contribution in [2.45, 2.75) is 27.3 Å². The number of amides is 2. The number of rotatable bonds is 4. The van der Waals surface area contributed by atoms with E-state index in [0.717, 1.165) is 38.7 Å². The van der Waals surface area contributed by atoms with Crippen LogP contribution in [0.1, 0.15) is 53.3 Å². The van der Waals surface area contributed by atoms with Crippen molar-refractivity contribution >= 4 is 39.6 Å². The maximum atomic E-state index is 13.9. The van der Waals surface area contributed by atoms with Gasteiger partial charge in [-0.25, -0.2) is 4.79 Å². The largest absolute Gasteiger partial charge is 0.422 e. The van der Waals surface area contributed by atoms with Gasteiger partial charge in [-0.15, -0.1) is 0 Å². The van der Waals surface area contributed by atoms with Crippen LogP contribution >= 0.6 is 0 Å². The molecule has 0 radical (unpaired) electrons. The van der Waals surface area contributed by atoms with Crippen molar-refractivity contribution in [2.75, 3.05) is 0 Å². The van der Waals surface area contributed by atoms with E-state index in [1.807, 2.05) is 87.0 Å².